The van der Waals surface area contributed by atoms with Crippen LogP contribution < -0.4 is 0 Å². The van der Waals surface area contributed by atoms with Crippen molar-refractivity contribution < 1.29 is 5.11 Å². The van der Waals surface area contributed by atoms with Crippen LogP contribution in [0.4, 0.5) is 0 Å². The number of nitrogens with zero attached hydrogens (tertiary/aromatic N) is 1. The molecule has 20 heavy (non-hydrogen) atoms. The van der Waals surface area contributed by atoms with Crippen molar-refractivity contribution in [2.24, 2.45) is 0 Å². The standard InChI is InChI=1S/C17H17NOS/c19-11-5-6-17-7-8-18(15(17)9-11)10-13-12-3-1-2-4-14(12)20-16(13)17/h1-6,11,15,19H,7-10H2/t11-,15+,17-/m1/s1. The Balaban J connectivity index is 1.82. The molecule has 1 unspecified atom stereocenters. The minimum atomic E-state index is -0.260. The Hall–Kier alpha value is -1.16. The Morgan fingerprint density at radius 2 is 2.20 bits per heavy atom. The lowest BCUT2D eigenvalue weighted by Gasteiger charge is -2.43. The molecule has 0 saturated carbocycles. The van der Waals surface area contributed by atoms with Crippen molar-refractivity contribution in [2.75, 3.05) is 6.54 Å². The van der Waals surface area contributed by atoms with Gasteiger partial charge in [0.25, 0.3) is 0 Å². The summed E-state index contributed by atoms with van der Waals surface area (Å²) in [5.41, 5.74) is 1.72. The molecule has 3 heteroatoms. The second kappa shape index (κ2) is 3.73. The van der Waals surface area contributed by atoms with Crippen molar-refractivity contribution in [3.05, 3.63) is 46.9 Å². The van der Waals surface area contributed by atoms with Crippen LogP contribution in [-0.2, 0) is 12.0 Å². The summed E-state index contributed by atoms with van der Waals surface area (Å²) in [5, 5.41) is 11.4. The first-order valence-corrected chi connectivity index (χ1v) is 8.22. The second-order valence-corrected chi connectivity index (χ2v) is 7.40. The summed E-state index contributed by atoms with van der Waals surface area (Å²) in [5.74, 6) is 0. The summed E-state index contributed by atoms with van der Waals surface area (Å²) in [7, 11) is 0. The minimum absolute atomic E-state index is 0.177. The van der Waals surface area contributed by atoms with E-state index in [1.807, 2.05) is 17.4 Å². The highest BCUT2D eigenvalue weighted by atomic mass is 32.1. The lowest BCUT2D eigenvalue weighted by molar-refractivity contribution is 0.112. The van der Waals surface area contributed by atoms with Crippen molar-refractivity contribution in [1.82, 2.24) is 4.90 Å². The number of aliphatic hydroxyl groups excluding tert-OH is 1. The Morgan fingerprint density at radius 1 is 1.30 bits per heavy atom. The molecular formula is C17H17NOS. The van der Waals surface area contributed by atoms with Crippen LogP contribution in [0.2, 0.25) is 0 Å². The van der Waals surface area contributed by atoms with E-state index in [2.05, 4.69) is 35.2 Å². The first-order valence-electron chi connectivity index (χ1n) is 7.40. The predicted octanol–water partition coefficient (Wildman–Crippen LogP) is 3.05. The van der Waals surface area contributed by atoms with E-state index in [0.29, 0.717) is 6.04 Å². The van der Waals surface area contributed by atoms with Gasteiger partial charge in [0.2, 0.25) is 0 Å². The van der Waals surface area contributed by atoms with Crippen molar-refractivity contribution in [1.29, 1.82) is 0 Å². The number of rotatable bonds is 0. The van der Waals surface area contributed by atoms with Gasteiger partial charge >= 0.3 is 0 Å². The molecule has 1 aromatic heterocycles. The van der Waals surface area contributed by atoms with Crippen LogP contribution in [0.3, 0.4) is 0 Å². The fraction of sp³-hybridized carbons (Fsp3) is 0.412. The fourth-order valence-corrected chi connectivity index (χ4v) is 5.95. The van der Waals surface area contributed by atoms with Crippen LogP contribution in [0.1, 0.15) is 23.3 Å². The third-order valence-electron chi connectivity index (χ3n) is 5.41. The maximum atomic E-state index is 9.99. The first kappa shape index (κ1) is 11.5. The average molecular weight is 283 g/mol. The molecule has 3 heterocycles. The maximum absolute atomic E-state index is 9.99. The van der Waals surface area contributed by atoms with E-state index in [1.54, 1.807) is 10.4 Å². The van der Waals surface area contributed by atoms with E-state index in [9.17, 15) is 5.11 Å². The van der Waals surface area contributed by atoms with Crippen LogP contribution in [0.25, 0.3) is 10.1 Å². The van der Waals surface area contributed by atoms with Crippen LogP contribution >= 0.6 is 11.3 Å². The molecule has 2 nitrogen and oxygen atoms in total. The van der Waals surface area contributed by atoms with Gasteiger partial charge in [0.15, 0.2) is 0 Å². The summed E-state index contributed by atoms with van der Waals surface area (Å²) in [6.07, 6.45) is 6.19. The zero-order valence-electron chi connectivity index (χ0n) is 11.2. The van der Waals surface area contributed by atoms with E-state index < -0.39 is 0 Å². The van der Waals surface area contributed by atoms with E-state index in [-0.39, 0.29) is 11.5 Å². The normalized spacial score (nSPS) is 38.0. The molecule has 2 aliphatic heterocycles. The Labute approximate surface area is 122 Å². The lowest BCUT2D eigenvalue weighted by atomic mass is 9.70. The quantitative estimate of drug-likeness (QED) is 0.751. The van der Waals surface area contributed by atoms with E-state index in [1.165, 1.54) is 16.5 Å². The molecule has 0 spiro atoms. The summed E-state index contributed by atoms with van der Waals surface area (Å²) in [4.78, 5) is 4.16. The smallest absolute Gasteiger partial charge is 0.0736 e. The van der Waals surface area contributed by atoms with Crippen LogP contribution in [-0.4, -0.2) is 28.7 Å². The van der Waals surface area contributed by atoms with Gasteiger partial charge < -0.3 is 5.11 Å². The molecule has 1 fully saturated rings. The summed E-state index contributed by atoms with van der Waals surface area (Å²) >= 11 is 1.98. The highest BCUT2D eigenvalue weighted by molar-refractivity contribution is 7.19. The number of thiophene rings is 1. The number of fused-ring (bicyclic) bond motifs is 3. The van der Waals surface area contributed by atoms with Gasteiger partial charge in [-0.05, 0) is 29.9 Å². The molecule has 2 aromatic rings. The highest BCUT2D eigenvalue weighted by Crippen LogP contribution is 2.54. The number of hydrogen-bond donors (Lipinski definition) is 1. The van der Waals surface area contributed by atoms with Gasteiger partial charge in [-0.2, -0.15) is 0 Å². The van der Waals surface area contributed by atoms with Gasteiger partial charge in [0, 0.05) is 34.1 Å². The molecule has 102 valence electrons. The van der Waals surface area contributed by atoms with Crippen molar-refractivity contribution in [3.8, 4) is 0 Å². The third kappa shape index (κ3) is 1.26. The molecule has 4 atom stereocenters. The van der Waals surface area contributed by atoms with E-state index in [0.717, 1.165) is 19.5 Å². The van der Waals surface area contributed by atoms with Crippen LogP contribution in [0, 0.1) is 0 Å². The van der Waals surface area contributed by atoms with Crippen LogP contribution in [0.15, 0.2) is 36.4 Å². The van der Waals surface area contributed by atoms with Gasteiger partial charge in [-0.25, -0.2) is 0 Å². The third-order valence-corrected chi connectivity index (χ3v) is 6.82. The lowest BCUT2D eigenvalue weighted by Crippen LogP contribution is -2.48. The molecule has 1 aliphatic carbocycles. The molecule has 2 bridgehead atoms. The zero-order valence-corrected chi connectivity index (χ0v) is 12.1. The number of hydrogen-bond acceptors (Lipinski definition) is 3. The molecule has 0 radical (unpaired) electrons. The molecular weight excluding hydrogens is 266 g/mol. The molecule has 1 saturated heterocycles. The van der Waals surface area contributed by atoms with E-state index in [4.69, 9.17) is 0 Å². The van der Waals surface area contributed by atoms with Crippen molar-refractivity contribution >= 4 is 21.4 Å². The highest BCUT2D eigenvalue weighted by Gasteiger charge is 2.53. The number of benzene rings is 1. The summed E-state index contributed by atoms with van der Waals surface area (Å²) in [6.45, 7) is 2.23. The van der Waals surface area contributed by atoms with Crippen molar-refractivity contribution in [2.45, 2.75) is 36.9 Å². The van der Waals surface area contributed by atoms with Crippen LogP contribution in [0.5, 0.6) is 0 Å². The topological polar surface area (TPSA) is 23.5 Å². The zero-order chi connectivity index (χ0) is 13.3. The molecule has 3 aliphatic rings. The monoisotopic (exact) mass is 283 g/mol. The predicted molar refractivity (Wildman–Crippen MR) is 82.1 cm³/mol. The molecule has 1 N–H and O–H groups in total. The molecule has 1 aromatic carbocycles. The largest absolute Gasteiger partial charge is 0.389 e. The Morgan fingerprint density at radius 3 is 3.15 bits per heavy atom. The van der Waals surface area contributed by atoms with Crippen molar-refractivity contribution in [3.63, 3.8) is 0 Å². The Bertz CT molecular complexity index is 734. The fourth-order valence-electron chi connectivity index (χ4n) is 4.49. The Kier molecular flexibility index (Phi) is 2.14. The molecule has 0 amide bonds. The first-order chi connectivity index (χ1) is 9.78. The van der Waals surface area contributed by atoms with Gasteiger partial charge in [-0.1, -0.05) is 30.4 Å². The minimum Gasteiger partial charge on any atom is -0.389 e. The molecule has 5 rings (SSSR count). The summed E-state index contributed by atoms with van der Waals surface area (Å²) < 4.78 is 1.42. The SMILES string of the molecule is O[C@@H]1C=C[C@]23CCN(Cc4c2sc2ccccc42)[C@H]3C1. The average Bonchev–Trinajstić information content (AvgIpc) is 2.97. The van der Waals surface area contributed by atoms with Gasteiger partial charge in [0.1, 0.15) is 0 Å². The second-order valence-electron chi connectivity index (χ2n) is 6.34. The number of aliphatic hydroxyl groups is 1. The van der Waals surface area contributed by atoms with Gasteiger partial charge in [0.05, 0.1) is 6.10 Å². The maximum Gasteiger partial charge on any atom is 0.0736 e. The van der Waals surface area contributed by atoms with Gasteiger partial charge in [-0.3, -0.25) is 4.90 Å². The summed E-state index contributed by atoms with van der Waals surface area (Å²) in [6, 6.07) is 9.30. The van der Waals surface area contributed by atoms with E-state index >= 15 is 0 Å². The van der Waals surface area contributed by atoms with Gasteiger partial charge in [-0.15, -0.1) is 11.3 Å².